The first-order chi connectivity index (χ1) is 19.5. The van der Waals surface area contributed by atoms with E-state index in [0.717, 1.165) is 45.7 Å². The summed E-state index contributed by atoms with van der Waals surface area (Å²) in [4.78, 5) is 6.90. The molecule has 1 fully saturated rings. The number of aryl methyl sites for hydroxylation is 1. The topological polar surface area (TPSA) is 51.5 Å². The van der Waals surface area contributed by atoms with Gasteiger partial charge in [-0.2, -0.15) is 0 Å². The Morgan fingerprint density at radius 3 is 2.10 bits per heavy atom. The molecule has 200 valence electrons. The Morgan fingerprint density at radius 1 is 0.775 bits per heavy atom. The molecular formula is C33H30N4O2S. The van der Waals surface area contributed by atoms with Gasteiger partial charge < -0.3 is 24.3 Å². The number of anilines is 1. The van der Waals surface area contributed by atoms with Crippen LogP contribution in [0.1, 0.15) is 34.7 Å². The molecule has 1 aliphatic heterocycles. The molecule has 0 unspecified atom stereocenters. The van der Waals surface area contributed by atoms with E-state index in [1.807, 2.05) is 72.9 Å². The first kappa shape index (κ1) is 25.6. The van der Waals surface area contributed by atoms with Crippen LogP contribution in [-0.2, 0) is 0 Å². The zero-order valence-electron chi connectivity index (χ0n) is 22.6. The minimum Gasteiger partial charge on any atom is -0.497 e. The Labute approximate surface area is 239 Å². The van der Waals surface area contributed by atoms with Crippen molar-refractivity contribution in [3.8, 4) is 22.9 Å². The predicted molar refractivity (Wildman–Crippen MR) is 163 cm³/mol. The van der Waals surface area contributed by atoms with Crippen molar-refractivity contribution >= 4 is 23.0 Å². The van der Waals surface area contributed by atoms with E-state index in [2.05, 4.69) is 65.0 Å². The second-order valence-electron chi connectivity index (χ2n) is 9.77. The maximum atomic E-state index is 6.04. The van der Waals surface area contributed by atoms with Crippen molar-refractivity contribution in [3.05, 3.63) is 132 Å². The van der Waals surface area contributed by atoms with Gasteiger partial charge in [0.15, 0.2) is 5.11 Å². The fourth-order valence-corrected chi connectivity index (χ4v) is 5.81. The highest BCUT2D eigenvalue weighted by atomic mass is 32.1. The smallest absolute Gasteiger partial charge is 0.174 e. The summed E-state index contributed by atoms with van der Waals surface area (Å²) in [5.41, 5.74) is 6.47. The fourth-order valence-electron chi connectivity index (χ4n) is 5.46. The molecule has 0 spiro atoms. The molecule has 6 rings (SSSR count). The fraction of sp³-hybridized carbons (Fsp3) is 0.152. The Bertz CT molecular complexity index is 1620. The van der Waals surface area contributed by atoms with Crippen LogP contribution in [0, 0.1) is 13.8 Å². The molecule has 7 heteroatoms. The van der Waals surface area contributed by atoms with E-state index in [4.69, 9.17) is 26.7 Å². The van der Waals surface area contributed by atoms with Gasteiger partial charge in [-0.15, -0.1) is 0 Å². The van der Waals surface area contributed by atoms with E-state index in [9.17, 15) is 0 Å². The molecular weight excluding hydrogens is 516 g/mol. The van der Waals surface area contributed by atoms with Crippen LogP contribution < -0.4 is 19.7 Å². The molecule has 0 radical (unpaired) electrons. The molecule has 2 atom stereocenters. The largest absolute Gasteiger partial charge is 0.497 e. The average molecular weight is 547 g/mol. The third-order valence-corrected chi connectivity index (χ3v) is 7.63. The number of hydrogen-bond donors (Lipinski definition) is 1. The lowest BCUT2D eigenvalue weighted by molar-refractivity contribution is 0.414. The Morgan fingerprint density at radius 2 is 1.43 bits per heavy atom. The molecule has 3 aromatic carbocycles. The van der Waals surface area contributed by atoms with Gasteiger partial charge in [0.2, 0.25) is 0 Å². The van der Waals surface area contributed by atoms with Gasteiger partial charge in [-0.25, -0.2) is 0 Å². The third-order valence-electron chi connectivity index (χ3n) is 7.31. The summed E-state index contributed by atoms with van der Waals surface area (Å²) in [6.45, 7) is 4.30. The van der Waals surface area contributed by atoms with Crippen LogP contribution in [0.15, 0.2) is 109 Å². The van der Waals surface area contributed by atoms with Crippen molar-refractivity contribution in [2.24, 2.45) is 0 Å². The van der Waals surface area contributed by atoms with Crippen LogP contribution >= 0.6 is 12.2 Å². The highest BCUT2D eigenvalue weighted by molar-refractivity contribution is 7.80. The van der Waals surface area contributed by atoms with Gasteiger partial charge in [0, 0.05) is 29.0 Å². The lowest BCUT2D eigenvalue weighted by atomic mass is 9.96. The molecule has 0 aliphatic carbocycles. The summed E-state index contributed by atoms with van der Waals surface area (Å²) in [5, 5.41) is 4.23. The van der Waals surface area contributed by atoms with Gasteiger partial charge in [0.1, 0.15) is 17.2 Å². The van der Waals surface area contributed by atoms with E-state index in [0.29, 0.717) is 5.11 Å². The van der Waals surface area contributed by atoms with Crippen molar-refractivity contribution in [1.29, 1.82) is 0 Å². The molecule has 0 amide bonds. The second-order valence-corrected chi connectivity index (χ2v) is 10.2. The van der Waals surface area contributed by atoms with Gasteiger partial charge >= 0.3 is 0 Å². The van der Waals surface area contributed by atoms with Crippen molar-refractivity contribution in [2.75, 3.05) is 12.0 Å². The number of ether oxygens (including phenoxy) is 2. The van der Waals surface area contributed by atoms with E-state index in [1.54, 1.807) is 7.11 Å². The number of rotatable bonds is 7. The summed E-state index contributed by atoms with van der Waals surface area (Å²) >= 11 is 5.95. The minimum atomic E-state index is -0.126. The summed E-state index contributed by atoms with van der Waals surface area (Å²) in [6, 6.07) is 34.0. The van der Waals surface area contributed by atoms with Crippen molar-refractivity contribution < 1.29 is 9.47 Å². The zero-order chi connectivity index (χ0) is 27.6. The molecule has 3 heterocycles. The van der Waals surface area contributed by atoms with Crippen LogP contribution in [0.5, 0.6) is 17.2 Å². The number of thiocarbonyl (C=S) groups is 1. The van der Waals surface area contributed by atoms with E-state index < -0.39 is 0 Å². The molecule has 6 nitrogen and oxygen atoms in total. The lowest BCUT2D eigenvalue weighted by Crippen LogP contribution is -2.29. The standard InChI is InChI=1S/C33H30N4O2S/c1-22-21-29(23(2)36(22)24-12-16-26(38-3)17-13-24)32-31(30-11-7-8-20-34-30)35-33(40)37(32)25-14-18-28(19-15-25)39-27-9-5-4-6-10-27/h4-21,31-32H,1-3H3,(H,35,40)/t31-,32-/m1/s1. The van der Waals surface area contributed by atoms with Gasteiger partial charge in [0.05, 0.1) is 24.9 Å². The summed E-state index contributed by atoms with van der Waals surface area (Å²) < 4.78 is 13.7. The van der Waals surface area contributed by atoms with E-state index >= 15 is 0 Å². The van der Waals surface area contributed by atoms with E-state index in [1.165, 1.54) is 5.56 Å². The summed E-state index contributed by atoms with van der Waals surface area (Å²) in [7, 11) is 1.68. The molecule has 2 aromatic heterocycles. The lowest BCUT2D eigenvalue weighted by Gasteiger charge is -2.28. The van der Waals surface area contributed by atoms with Gasteiger partial charge in [-0.05, 0) is 110 Å². The minimum absolute atomic E-state index is 0.110. The van der Waals surface area contributed by atoms with Crippen LogP contribution in [0.2, 0.25) is 0 Å². The Balaban J connectivity index is 1.41. The molecule has 1 aliphatic rings. The van der Waals surface area contributed by atoms with Gasteiger partial charge in [0.25, 0.3) is 0 Å². The number of pyridine rings is 1. The van der Waals surface area contributed by atoms with E-state index in [-0.39, 0.29) is 12.1 Å². The predicted octanol–water partition coefficient (Wildman–Crippen LogP) is 7.47. The number of para-hydroxylation sites is 1. The monoisotopic (exact) mass is 546 g/mol. The van der Waals surface area contributed by atoms with Crippen molar-refractivity contribution in [2.45, 2.75) is 25.9 Å². The molecule has 5 aromatic rings. The summed E-state index contributed by atoms with van der Waals surface area (Å²) in [6.07, 6.45) is 1.83. The van der Waals surface area contributed by atoms with Crippen LogP contribution in [-0.4, -0.2) is 21.8 Å². The Kier molecular flexibility index (Phi) is 6.97. The second kappa shape index (κ2) is 10.9. The normalized spacial score (nSPS) is 16.6. The maximum Gasteiger partial charge on any atom is 0.174 e. The number of hydrogen-bond acceptors (Lipinski definition) is 4. The van der Waals surface area contributed by atoms with Gasteiger partial charge in [-0.1, -0.05) is 24.3 Å². The first-order valence-electron chi connectivity index (χ1n) is 13.2. The molecule has 40 heavy (non-hydrogen) atoms. The Hall–Kier alpha value is -4.62. The highest BCUT2D eigenvalue weighted by Crippen LogP contribution is 2.44. The highest BCUT2D eigenvalue weighted by Gasteiger charge is 2.42. The molecule has 0 saturated carbocycles. The van der Waals surface area contributed by atoms with Gasteiger partial charge in [-0.3, -0.25) is 4.98 Å². The summed E-state index contributed by atoms with van der Waals surface area (Å²) in [5.74, 6) is 2.40. The third kappa shape index (κ3) is 4.80. The number of aromatic nitrogens is 2. The molecule has 1 saturated heterocycles. The zero-order valence-corrected chi connectivity index (χ0v) is 23.4. The molecule has 0 bridgehead atoms. The quantitative estimate of drug-likeness (QED) is 0.214. The SMILES string of the molecule is COc1ccc(-n2c(C)cc([C@@H]3[C@@H](c4ccccn4)NC(=S)N3c3ccc(Oc4ccccc4)cc3)c2C)cc1. The first-order valence-corrected chi connectivity index (χ1v) is 13.6. The number of methoxy groups -OCH3 is 1. The maximum absolute atomic E-state index is 6.04. The van der Waals surface area contributed by atoms with Crippen LogP contribution in [0.4, 0.5) is 5.69 Å². The number of benzene rings is 3. The molecule has 1 N–H and O–H groups in total. The number of nitrogens with one attached hydrogen (secondary N) is 1. The van der Waals surface area contributed by atoms with Crippen molar-refractivity contribution in [3.63, 3.8) is 0 Å². The van der Waals surface area contributed by atoms with Crippen LogP contribution in [0.3, 0.4) is 0 Å². The number of nitrogens with zero attached hydrogens (tertiary/aromatic N) is 3. The average Bonchev–Trinajstić information content (AvgIpc) is 3.49. The van der Waals surface area contributed by atoms with Crippen LogP contribution in [0.25, 0.3) is 5.69 Å². The van der Waals surface area contributed by atoms with Crippen molar-refractivity contribution in [1.82, 2.24) is 14.9 Å².